The first-order valence-corrected chi connectivity index (χ1v) is 6.71. The van der Waals surface area contributed by atoms with Crippen LogP contribution in [0.2, 0.25) is 0 Å². The number of hydrogen-bond donors (Lipinski definition) is 2. The zero-order chi connectivity index (χ0) is 11.4. The van der Waals surface area contributed by atoms with Crippen LogP contribution in [-0.2, 0) is 4.79 Å². The van der Waals surface area contributed by atoms with Gasteiger partial charge in [-0.3, -0.25) is 4.79 Å². The highest BCUT2D eigenvalue weighted by Gasteiger charge is 2.22. The zero-order valence-corrected chi connectivity index (χ0v) is 10.3. The van der Waals surface area contributed by atoms with Crippen LogP contribution >= 0.6 is 0 Å². The predicted molar refractivity (Wildman–Crippen MR) is 65.1 cm³/mol. The molecule has 0 radical (unpaired) electrons. The molecule has 1 heterocycles. The van der Waals surface area contributed by atoms with Gasteiger partial charge in [-0.25, -0.2) is 0 Å². The van der Waals surface area contributed by atoms with Gasteiger partial charge in [0, 0.05) is 13.0 Å². The van der Waals surface area contributed by atoms with Gasteiger partial charge in [0.2, 0.25) is 5.91 Å². The molecule has 2 N–H and O–H groups in total. The van der Waals surface area contributed by atoms with Crippen LogP contribution in [0.4, 0.5) is 0 Å². The molecule has 16 heavy (non-hydrogen) atoms. The Morgan fingerprint density at radius 1 is 1.31 bits per heavy atom. The largest absolute Gasteiger partial charge is 0.356 e. The van der Waals surface area contributed by atoms with Gasteiger partial charge in [0.25, 0.3) is 0 Å². The SMILES string of the molecule is CC1CCC(CNC(=O)CC2CCNC2)C1. The summed E-state index contributed by atoms with van der Waals surface area (Å²) >= 11 is 0. The molecule has 0 aromatic heterocycles. The molecule has 1 amide bonds. The van der Waals surface area contributed by atoms with E-state index in [0.29, 0.717) is 5.92 Å². The van der Waals surface area contributed by atoms with Crippen LogP contribution in [0.25, 0.3) is 0 Å². The highest BCUT2D eigenvalue weighted by Crippen LogP contribution is 2.29. The average molecular weight is 224 g/mol. The van der Waals surface area contributed by atoms with Gasteiger partial charge in [-0.1, -0.05) is 13.3 Å². The molecule has 0 spiro atoms. The minimum atomic E-state index is 0.258. The van der Waals surface area contributed by atoms with Crippen molar-refractivity contribution >= 4 is 5.91 Å². The lowest BCUT2D eigenvalue weighted by Crippen LogP contribution is -2.30. The van der Waals surface area contributed by atoms with Gasteiger partial charge in [-0.05, 0) is 50.1 Å². The molecule has 1 aliphatic heterocycles. The number of hydrogen-bond acceptors (Lipinski definition) is 2. The molecule has 1 saturated carbocycles. The molecule has 0 aromatic rings. The first kappa shape index (κ1) is 11.9. The summed E-state index contributed by atoms with van der Waals surface area (Å²) in [6.45, 7) is 5.32. The van der Waals surface area contributed by atoms with E-state index < -0.39 is 0 Å². The van der Waals surface area contributed by atoms with Crippen molar-refractivity contribution < 1.29 is 4.79 Å². The fourth-order valence-corrected chi connectivity index (χ4v) is 2.99. The molecule has 3 atom stereocenters. The first-order valence-electron chi connectivity index (χ1n) is 6.71. The summed E-state index contributed by atoms with van der Waals surface area (Å²) in [6, 6.07) is 0. The van der Waals surface area contributed by atoms with Crippen LogP contribution in [0.5, 0.6) is 0 Å². The Bertz CT molecular complexity index is 236. The number of carbonyl (C=O) groups is 1. The van der Waals surface area contributed by atoms with Crippen LogP contribution < -0.4 is 10.6 Å². The third kappa shape index (κ3) is 3.48. The second-order valence-corrected chi connectivity index (χ2v) is 5.65. The summed E-state index contributed by atoms with van der Waals surface area (Å²) in [6.07, 6.45) is 5.81. The predicted octanol–water partition coefficient (Wildman–Crippen LogP) is 1.54. The normalized spacial score (nSPS) is 34.2. The number of rotatable bonds is 4. The molecule has 2 fully saturated rings. The molecule has 2 rings (SSSR count). The molecule has 1 aliphatic carbocycles. The Morgan fingerprint density at radius 2 is 2.19 bits per heavy atom. The van der Waals surface area contributed by atoms with E-state index in [4.69, 9.17) is 0 Å². The average Bonchev–Trinajstić information content (AvgIpc) is 2.87. The molecule has 3 heteroatoms. The molecular formula is C13H24N2O. The second kappa shape index (κ2) is 5.67. The Hall–Kier alpha value is -0.570. The molecule has 3 unspecified atom stereocenters. The van der Waals surface area contributed by atoms with E-state index in [1.807, 2.05) is 0 Å². The van der Waals surface area contributed by atoms with Crippen LogP contribution in [0.3, 0.4) is 0 Å². The Labute approximate surface area is 98.4 Å². The molecular weight excluding hydrogens is 200 g/mol. The Morgan fingerprint density at radius 3 is 2.81 bits per heavy atom. The van der Waals surface area contributed by atoms with Crippen molar-refractivity contribution in [2.45, 2.75) is 39.0 Å². The second-order valence-electron chi connectivity index (χ2n) is 5.65. The third-order valence-corrected chi connectivity index (χ3v) is 4.03. The zero-order valence-electron chi connectivity index (χ0n) is 10.3. The summed E-state index contributed by atoms with van der Waals surface area (Å²) in [5, 5.41) is 6.41. The minimum Gasteiger partial charge on any atom is -0.356 e. The number of carbonyl (C=O) groups excluding carboxylic acids is 1. The van der Waals surface area contributed by atoms with E-state index in [-0.39, 0.29) is 5.91 Å². The Kier molecular flexibility index (Phi) is 4.22. The Balaban J connectivity index is 1.60. The van der Waals surface area contributed by atoms with Crippen LogP contribution in [0.15, 0.2) is 0 Å². The lowest BCUT2D eigenvalue weighted by atomic mass is 10.0. The van der Waals surface area contributed by atoms with Crippen LogP contribution in [0, 0.1) is 17.8 Å². The van der Waals surface area contributed by atoms with Crippen molar-refractivity contribution in [1.29, 1.82) is 0 Å². The smallest absolute Gasteiger partial charge is 0.220 e. The summed E-state index contributed by atoms with van der Waals surface area (Å²) in [5.74, 6) is 2.43. The van der Waals surface area contributed by atoms with Crippen LogP contribution in [0.1, 0.15) is 39.0 Å². The minimum absolute atomic E-state index is 0.258. The molecule has 0 bridgehead atoms. The summed E-state index contributed by atoms with van der Waals surface area (Å²) in [5.41, 5.74) is 0. The lowest BCUT2D eigenvalue weighted by Gasteiger charge is -2.13. The third-order valence-electron chi connectivity index (χ3n) is 4.03. The summed E-state index contributed by atoms with van der Waals surface area (Å²) in [4.78, 5) is 11.7. The van der Waals surface area contributed by atoms with Crippen LogP contribution in [-0.4, -0.2) is 25.5 Å². The van der Waals surface area contributed by atoms with Crippen molar-refractivity contribution in [3.63, 3.8) is 0 Å². The van der Waals surface area contributed by atoms with Crippen molar-refractivity contribution in [2.75, 3.05) is 19.6 Å². The number of amides is 1. The molecule has 1 saturated heterocycles. The lowest BCUT2D eigenvalue weighted by molar-refractivity contribution is -0.122. The van der Waals surface area contributed by atoms with E-state index in [1.165, 1.54) is 19.3 Å². The standard InChI is InChI=1S/C13H24N2O/c1-10-2-3-11(6-10)9-15-13(16)7-12-4-5-14-8-12/h10-12,14H,2-9H2,1H3,(H,15,16). The van der Waals surface area contributed by atoms with Gasteiger partial charge in [0.1, 0.15) is 0 Å². The summed E-state index contributed by atoms with van der Waals surface area (Å²) < 4.78 is 0. The maximum absolute atomic E-state index is 11.7. The van der Waals surface area contributed by atoms with E-state index in [1.54, 1.807) is 0 Å². The highest BCUT2D eigenvalue weighted by molar-refractivity contribution is 5.76. The van der Waals surface area contributed by atoms with Gasteiger partial charge in [-0.15, -0.1) is 0 Å². The fourth-order valence-electron chi connectivity index (χ4n) is 2.99. The maximum Gasteiger partial charge on any atom is 0.220 e. The van der Waals surface area contributed by atoms with Gasteiger partial charge in [-0.2, -0.15) is 0 Å². The molecule has 2 aliphatic rings. The van der Waals surface area contributed by atoms with E-state index in [2.05, 4.69) is 17.6 Å². The van der Waals surface area contributed by atoms with Crippen molar-refractivity contribution in [3.8, 4) is 0 Å². The topological polar surface area (TPSA) is 41.1 Å². The van der Waals surface area contributed by atoms with Gasteiger partial charge in [0.15, 0.2) is 0 Å². The monoisotopic (exact) mass is 224 g/mol. The van der Waals surface area contributed by atoms with Gasteiger partial charge in [0.05, 0.1) is 0 Å². The highest BCUT2D eigenvalue weighted by atomic mass is 16.1. The maximum atomic E-state index is 11.7. The van der Waals surface area contributed by atoms with Crippen molar-refractivity contribution in [3.05, 3.63) is 0 Å². The van der Waals surface area contributed by atoms with E-state index in [0.717, 1.165) is 44.3 Å². The summed E-state index contributed by atoms with van der Waals surface area (Å²) in [7, 11) is 0. The van der Waals surface area contributed by atoms with Crippen molar-refractivity contribution in [2.24, 2.45) is 17.8 Å². The van der Waals surface area contributed by atoms with Gasteiger partial charge >= 0.3 is 0 Å². The molecule has 0 aromatic carbocycles. The fraction of sp³-hybridized carbons (Fsp3) is 0.923. The quantitative estimate of drug-likeness (QED) is 0.760. The molecule has 92 valence electrons. The molecule has 3 nitrogen and oxygen atoms in total. The van der Waals surface area contributed by atoms with Crippen molar-refractivity contribution in [1.82, 2.24) is 10.6 Å². The van der Waals surface area contributed by atoms with E-state index >= 15 is 0 Å². The number of nitrogens with one attached hydrogen (secondary N) is 2. The van der Waals surface area contributed by atoms with Gasteiger partial charge < -0.3 is 10.6 Å². The first-order chi connectivity index (χ1) is 7.74. The van der Waals surface area contributed by atoms with E-state index in [9.17, 15) is 4.79 Å².